The topological polar surface area (TPSA) is 98.3 Å². The van der Waals surface area contributed by atoms with E-state index in [2.05, 4.69) is 31.3 Å². The number of benzene rings is 2. The maximum atomic E-state index is 11.3. The van der Waals surface area contributed by atoms with E-state index in [0.29, 0.717) is 11.6 Å². The van der Waals surface area contributed by atoms with Gasteiger partial charge in [-0.2, -0.15) is 0 Å². The molecule has 0 aliphatic heterocycles. The molecule has 25 heavy (non-hydrogen) atoms. The number of hydrogen-bond acceptors (Lipinski definition) is 4. The quantitative estimate of drug-likeness (QED) is 0.586. The fraction of sp³-hybridized carbons (Fsp3) is 0.316. The van der Waals surface area contributed by atoms with Gasteiger partial charge in [-0.3, -0.25) is 14.9 Å². The van der Waals surface area contributed by atoms with Gasteiger partial charge in [0, 0.05) is 17.7 Å². The maximum Gasteiger partial charge on any atom is 0.293 e. The molecule has 3 N–H and O–H groups in total. The molecule has 2 aromatic rings. The molecule has 0 aliphatic rings. The van der Waals surface area contributed by atoms with Gasteiger partial charge < -0.3 is 11.1 Å². The summed E-state index contributed by atoms with van der Waals surface area (Å²) in [5.41, 5.74) is 7.79. The van der Waals surface area contributed by atoms with Gasteiger partial charge in [0.15, 0.2) is 0 Å². The lowest BCUT2D eigenvalue weighted by atomic mass is 10.00. The van der Waals surface area contributed by atoms with Gasteiger partial charge in [-0.1, -0.05) is 38.1 Å². The Hall–Kier alpha value is -2.89. The summed E-state index contributed by atoms with van der Waals surface area (Å²) < 4.78 is 0. The zero-order valence-electron chi connectivity index (χ0n) is 14.7. The van der Waals surface area contributed by atoms with E-state index in [1.807, 2.05) is 19.1 Å². The third kappa shape index (κ3) is 4.79. The van der Waals surface area contributed by atoms with Gasteiger partial charge >= 0.3 is 0 Å². The monoisotopic (exact) mass is 341 g/mol. The zero-order valence-corrected chi connectivity index (χ0v) is 14.7. The molecule has 1 amide bonds. The number of nitrogens with zero attached hydrogens (tertiary/aromatic N) is 1. The third-order valence-electron chi connectivity index (χ3n) is 3.97. The molecule has 0 bridgehead atoms. The van der Waals surface area contributed by atoms with Gasteiger partial charge in [-0.05, 0) is 42.5 Å². The number of carbonyl (C=O) groups is 1. The minimum atomic E-state index is -0.691. The molecule has 0 radical (unpaired) electrons. The van der Waals surface area contributed by atoms with Crippen molar-refractivity contribution in [2.24, 2.45) is 11.7 Å². The Balaban J connectivity index is 2.20. The highest BCUT2D eigenvalue weighted by Crippen LogP contribution is 2.29. The molecule has 0 unspecified atom stereocenters. The van der Waals surface area contributed by atoms with Gasteiger partial charge in [0.25, 0.3) is 5.69 Å². The lowest BCUT2D eigenvalue weighted by Gasteiger charge is -2.17. The molecule has 0 spiro atoms. The highest BCUT2D eigenvalue weighted by atomic mass is 16.6. The van der Waals surface area contributed by atoms with Crippen molar-refractivity contribution in [3.05, 3.63) is 69.3 Å². The average Bonchev–Trinajstić information content (AvgIpc) is 2.54. The summed E-state index contributed by atoms with van der Waals surface area (Å²) >= 11 is 0. The predicted molar refractivity (Wildman–Crippen MR) is 98.6 cm³/mol. The van der Waals surface area contributed by atoms with E-state index >= 15 is 0 Å². The van der Waals surface area contributed by atoms with Crippen molar-refractivity contribution < 1.29 is 9.72 Å². The summed E-state index contributed by atoms with van der Waals surface area (Å²) in [5, 5.41) is 14.4. The Morgan fingerprint density at radius 3 is 2.32 bits per heavy atom. The lowest BCUT2D eigenvalue weighted by molar-refractivity contribution is -0.384. The number of nitrogens with one attached hydrogen (secondary N) is 1. The number of primary amides is 1. The Morgan fingerprint density at radius 1 is 1.16 bits per heavy atom. The molecule has 2 aromatic carbocycles. The van der Waals surface area contributed by atoms with Crippen LogP contribution in [0.1, 0.15) is 48.3 Å². The Kier molecular flexibility index (Phi) is 5.75. The molecule has 132 valence electrons. The first-order chi connectivity index (χ1) is 11.8. The molecule has 0 aliphatic carbocycles. The zero-order chi connectivity index (χ0) is 18.6. The summed E-state index contributed by atoms with van der Waals surface area (Å²) in [6.07, 6.45) is 1.02. The molecule has 0 saturated heterocycles. The lowest BCUT2D eigenvalue weighted by Crippen LogP contribution is -2.13. The van der Waals surface area contributed by atoms with Crippen molar-refractivity contribution in [1.82, 2.24) is 0 Å². The van der Waals surface area contributed by atoms with E-state index in [4.69, 9.17) is 5.73 Å². The van der Waals surface area contributed by atoms with Crippen LogP contribution in [-0.4, -0.2) is 10.8 Å². The molecule has 6 heteroatoms. The Bertz CT molecular complexity index is 770. The minimum absolute atomic E-state index is 0.114. The van der Waals surface area contributed by atoms with Gasteiger partial charge in [-0.15, -0.1) is 0 Å². The molecule has 0 saturated carbocycles. The van der Waals surface area contributed by atoms with Crippen molar-refractivity contribution in [1.29, 1.82) is 0 Å². The second-order valence-electron chi connectivity index (χ2n) is 6.56. The Labute approximate surface area is 147 Å². The summed E-state index contributed by atoms with van der Waals surface area (Å²) in [7, 11) is 0. The number of anilines is 1. The van der Waals surface area contributed by atoms with Crippen molar-refractivity contribution >= 4 is 17.3 Å². The van der Waals surface area contributed by atoms with E-state index in [1.165, 1.54) is 23.8 Å². The average molecular weight is 341 g/mol. The number of rotatable bonds is 7. The number of carbonyl (C=O) groups excluding carboxylic acids is 1. The first-order valence-corrected chi connectivity index (χ1v) is 8.21. The van der Waals surface area contributed by atoms with Gasteiger partial charge in [0.1, 0.15) is 5.69 Å². The van der Waals surface area contributed by atoms with E-state index in [-0.39, 0.29) is 17.3 Å². The van der Waals surface area contributed by atoms with Crippen LogP contribution in [0.4, 0.5) is 11.4 Å². The van der Waals surface area contributed by atoms with Crippen LogP contribution < -0.4 is 11.1 Å². The molecule has 1 atom stereocenters. The van der Waals surface area contributed by atoms with Crippen molar-refractivity contribution in [2.45, 2.75) is 33.2 Å². The predicted octanol–water partition coefficient (Wildman–Crippen LogP) is 4.07. The molecule has 6 nitrogen and oxygen atoms in total. The molecule has 2 rings (SSSR count). The highest BCUT2D eigenvalue weighted by Gasteiger charge is 2.18. The normalized spacial score (nSPS) is 12.0. The summed E-state index contributed by atoms with van der Waals surface area (Å²) in [6.45, 7) is 6.28. The first kappa shape index (κ1) is 18.4. The summed E-state index contributed by atoms with van der Waals surface area (Å²) in [6, 6.07) is 12.3. The largest absolute Gasteiger partial charge is 0.373 e. The first-order valence-electron chi connectivity index (χ1n) is 8.21. The molecule has 0 heterocycles. The van der Waals surface area contributed by atoms with E-state index in [0.717, 1.165) is 12.0 Å². The smallest absolute Gasteiger partial charge is 0.293 e. The summed E-state index contributed by atoms with van der Waals surface area (Å²) in [4.78, 5) is 22.0. The van der Waals surface area contributed by atoms with Crippen LogP contribution >= 0.6 is 0 Å². The third-order valence-corrected chi connectivity index (χ3v) is 3.97. The van der Waals surface area contributed by atoms with E-state index < -0.39 is 10.8 Å². The number of nitrogens with two attached hydrogens (primary N) is 1. The fourth-order valence-electron chi connectivity index (χ4n) is 2.69. The minimum Gasteiger partial charge on any atom is -0.373 e. The van der Waals surface area contributed by atoms with E-state index in [9.17, 15) is 14.9 Å². The van der Waals surface area contributed by atoms with Gasteiger partial charge in [-0.25, -0.2) is 0 Å². The van der Waals surface area contributed by atoms with Crippen LogP contribution in [0.25, 0.3) is 0 Å². The highest BCUT2D eigenvalue weighted by molar-refractivity contribution is 5.94. The van der Waals surface area contributed by atoms with Crippen LogP contribution in [0.3, 0.4) is 0 Å². The van der Waals surface area contributed by atoms with Crippen molar-refractivity contribution in [2.75, 3.05) is 5.32 Å². The molecule has 0 fully saturated rings. The fourth-order valence-corrected chi connectivity index (χ4v) is 2.69. The molecule has 0 aromatic heterocycles. The van der Waals surface area contributed by atoms with Gasteiger partial charge in [0.05, 0.1) is 4.92 Å². The van der Waals surface area contributed by atoms with Crippen molar-refractivity contribution in [3.63, 3.8) is 0 Å². The Morgan fingerprint density at radius 2 is 1.80 bits per heavy atom. The van der Waals surface area contributed by atoms with Gasteiger partial charge in [0.2, 0.25) is 5.91 Å². The summed E-state index contributed by atoms with van der Waals surface area (Å²) in [5.74, 6) is -0.101. The second kappa shape index (κ2) is 7.79. The molecular formula is C19H23N3O3. The number of nitro benzene ring substituents is 1. The van der Waals surface area contributed by atoms with E-state index in [1.54, 1.807) is 0 Å². The van der Waals surface area contributed by atoms with Crippen LogP contribution in [0.5, 0.6) is 0 Å². The van der Waals surface area contributed by atoms with Crippen LogP contribution in [0, 0.1) is 16.0 Å². The number of nitro groups is 1. The molecular weight excluding hydrogens is 318 g/mol. The SMILES string of the molecule is CC(C)Cc1ccc([C@@H](C)Nc2ccc(C(N)=O)cc2[N+](=O)[O-])cc1. The number of hydrogen-bond donors (Lipinski definition) is 2. The van der Waals surface area contributed by atoms with Crippen LogP contribution in [-0.2, 0) is 6.42 Å². The van der Waals surface area contributed by atoms with Crippen LogP contribution in [0.15, 0.2) is 42.5 Å². The maximum absolute atomic E-state index is 11.3. The second-order valence-corrected chi connectivity index (χ2v) is 6.56. The standard InChI is InChI=1S/C19H23N3O3/c1-12(2)10-14-4-6-15(7-5-14)13(3)21-17-9-8-16(19(20)23)11-18(17)22(24)25/h4-9,11-13,21H,10H2,1-3H3,(H2,20,23)/t13-/m1/s1. The van der Waals surface area contributed by atoms with Crippen molar-refractivity contribution in [3.8, 4) is 0 Å². The van der Waals surface area contributed by atoms with Crippen LogP contribution in [0.2, 0.25) is 0 Å². The number of amides is 1.